The number of hydrogen-bond acceptors (Lipinski definition) is 4. The van der Waals surface area contributed by atoms with Gasteiger partial charge in [-0.05, 0) is 31.0 Å². The Morgan fingerprint density at radius 2 is 2.10 bits per heavy atom. The standard InChI is InChI=1S/C14H17NO5/c1-9(6-14(17)18)15-13(16)5-3-10-2-4-11-12(7-10)20-8-19-11/h2,4,7,9H,3,5-6,8H2,1H3,(H,15,16)(H,17,18). The van der Waals surface area contributed by atoms with Crippen LogP contribution in [0.25, 0.3) is 0 Å². The monoisotopic (exact) mass is 279 g/mol. The molecule has 1 heterocycles. The van der Waals surface area contributed by atoms with Crippen molar-refractivity contribution in [3.63, 3.8) is 0 Å². The van der Waals surface area contributed by atoms with Crippen LogP contribution < -0.4 is 14.8 Å². The van der Waals surface area contributed by atoms with Crippen LogP contribution in [-0.4, -0.2) is 29.8 Å². The van der Waals surface area contributed by atoms with Gasteiger partial charge in [0.1, 0.15) is 0 Å². The highest BCUT2D eigenvalue weighted by molar-refractivity contribution is 5.77. The van der Waals surface area contributed by atoms with Crippen LogP contribution in [0.5, 0.6) is 11.5 Å². The molecule has 0 radical (unpaired) electrons. The van der Waals surface area contributed by atoms with Gasteiger partial charge < -0.3 is 19.9 Å². The van der Waals surface area contributed by atoms with E-state index < -0.39 is 5.97 Å². The van der Waals surface area contributed by atoms with E-state index in [0.29, 0.717) is 24.3 Å². The number of carbonyl (C=O) groups is 2. The van der Waals surface area contributed by atoms with E-state index in [2.05, 4.69) is 5.32 Å². The van der Waals surface area contributed by atoms with Crippen molar-refractivity contribution in [3.05, 3.63) is 23.8 Å². The Morgan fingerprint density at radius 1 is 1.35 bits per heavy atom. The normalized spacial score (nSPS) is 13.8. The Hall–Kier alpha value is -2.24. The molecule has 0 fully saturated rings. The molecule has 0 aromatic heterocycles. The second-order valence-corrected chi connectivity index (χ2v) is 4.75. The van der Waals surface area contributed by atoms with Gasteiger partial charge >= 0.3 is 5.97 Å². The first-order valence-corrected chi connectivity index (χ1v) is 6.44. The van der Waals surface area contributed by atoms with Crippen LogP contribution in [0.4, 0.5) is 0 Å². The maximum Gasteiger partial charge on any atom is 0.305 e. The second kappa shape index (κ2) is 6.27. The van der Waals surface area contributed by atoms with Crippen LogP contribution in [0.1, 0.15) is 25.3 Å². The van der Waals surface area contributed by atoms with E-state index in [9.17, 15) is 9.59 Å². The van der Waals surface area contributed by atoms with Crippen molar-refractivity contribution in [1.29, 1.82) is 0 Å². The lowest BCUT2D eigenvalue weighted by Gasteiger charge is -2.11. The minimum Gasteiger partial charge on any atom is -0.481 e. The van der Waals surface area contributed by atoms with Gasteiger partial charge in [-0.1, -0.05) is 6.07 Å². The van der Waals surface area contributed by atoms with Gasteiger partial charge in [0, 0.05) is 12.5 Å². The number of fused-ring (bicyclic) bond motifs is 1. The molecule has 0 saturated carbocycles. The fourth-order valence-corrected chi connectivity index (χ4v) is 2.01. The number of carboxylic acid groups (broad SMARTS) is 1. The number of nitrogens with one attached hydrogen (secondary N) is 1. The number of amides is 1. The van der Waals surface area contributed by atoms with Crippen LogP contribution >= 0.6 is 0 Å². The van der Waals surface area contributed by atoms with Crippen LogP contribution in [0.2, 0.25) is 0 Å². The summed E-state index contributed by atoms with van der Waals surface area (Å²) >= 11 is 0. The molecule has 0 saturated heterocycles. The second-order valence-electron chi connectivity index (χ2n) is 4.75. The summed E-state index contributed by atoms with van der Waals surface area (Å²) in [5.41, 5.74) is 0.982. The fourth-order valence-electron chi connectivity index (χ4n) is 2.01. The number of hydrogen-bond donors (Lipinski definition) is 2. The largest absolute Gasteiger partial charge is 0.481 e. The van der Waals surface area contributed by atoms with Crippen molar-refractivity contribution >= 4 is 11.9 Å². The van der Waals surface area contributed by atoms with Crippen molar-refractivity contribution in [1.82, 2.24) is 5.32 Å². The zero-order chi connectivity index (χ0) is 14.5. The number of ether oxygens (including phenoxy) is 2. The molecule has 1 aliphatic rings. The van der Waals surface area contributed by atoms with Gasteiger partial charge in [0.2, 0.25) is 12.7 Å². The molecule has 1 unspecified atom stereocenters. The number of aryl methyl sites for hydroxylation is 1. The molecule has 1 atom stereocenters. The molecule has 0 bridgehead atoms. The van der Waals surface area contributed by atoms with Gasteiger partial charge in [0.15, 0.2) is 11.5 Å². The smallest absolute Gasteiger partial charge is 0.305 e. The summed E-state index contributed by atoms with van der Waals surface area (Å²) in [5, 5.41) is 11.3. The Balaban J connectivity index is 1.80. The summed E-state index contributed by atoms with van der Waals surface area (Å²) < 4.78 is 10.5. The van der Waals surface area contributed by atoms with Gasteiger partial charge in [-0.3, -0.25) is 9.59 Å². The Kier molecular flexibility index (Phi) is 4.45. The summed E-state index contributed by atoms with van der Waals surface area (Å²) in [6.45, 7) is 1.90. The minimum atomic E-state index is -0.923. The van der Waals surface area contributed by atoms with Crippen molar-refractivity contribution < 1.29 is 24.2 Å². The van der Waals surface area contributed by atoms with Crippen molar-refractivity contribution in [3.8, 4) is 11.5 Å². The molecule has 1 aliphatic heterocycles. The predicted octanol–water partition coefficient (Wildman–Crippen LogP) is 1.33. The molecule has 0 aliphatic carbocycles. The third-order valence-electron chi connectivity index (χ3n) is 2.97. The number of aliphatic carboxylic acids is 1. The van der Waals surface area contributed by atoms with E-state index in [-0.39, 0.29) is 25.2 Å². The lowest BCUT2D eigenvalue weighted by atomic mass is 10.1. The lowest BCUT2D eigenvalue weighted by Crippen LogP contribution is -2.34. The molecule has 1 aromatic rings. The summed E-state index contributed by atoms with van der Waals surface area (Å²) in [7, 11) is 0. The number of rotatable bonds is 6. The third-order valence-corrected chi connectivity index (χ3v) is 2.97. The first-order valence-electron chi connectivity index (χ1n) is 6.44. The Labute approximate surface area is 116 Å². The zero-order valence-electron chi connectivity index (χ0n) is 11.2. The Morgan fingerprint density at radius 3 is 2.85 bits per heavy atom. The van der Waals surface area contributed by atoms with E-state index >= 15 is 0 Å². The molecule has 6 nitrogen and oxygen atoms in total. The molecular formula is C14H17NO5. The lowest BCUT2D eigenvalue weighted by molar-refractivity contribution is -0.137. The topological polar surface area (TPSA) is 84.9 Å². The van der Waals surface area contributed by atoms with Crippen LogP contribution in [0.3, 0.4) is 0 Å². The average molecular weight is 279 g/mol. The highest BCUT2D eigenvalue weighted by Crippen LogP contribution is 2.32. The maximum atomic E-state index is 11.7. The van der Waals surface area contributed by atoms with E-state index in [1.807, 2.05) is 18.2 Å². The van der Waals surface area contributed by atoms with Crippen molar-refractivity contribution in [2.75, 3.05) is 6.79 Å². The van der Waals surface area contributed by atoms with E-state index in [1.165, 1.54) is 0 Å². The molecule has 1 aromatic carbocycles. The molecule has 1 amide bonds. The van der Waals surface area contributed by atoms with E-state index in [1.54, 1.807) is 6.92 Å². The highest BCUT2D eigenvalue weighted by atomic mass is 16.7. The quantitative estimate of drug-likeness (QED) is 0.820. The third kappa shape index (κ3) is 3.88. The first kappa shape index (κ1) is 14.2. The molecule has 2 rings (SSSR count). The van der Waals surface area contributed by atoms with Crippen molar-refractivity contribution in [2.24, 2.45) is 0 Å². The molecule has 2 N–H and O–H groups in total. The first-order chi connectivity index (χ1) is 9.54. The summed E-state index contributed by atoms with van der Waals surface area (Å²) in [4.78, 5) is 22.2. The average Bonchev–Trinajstić information content (AvgIpc) is 2.82. The minimum absolute atomic E-state index is 0.0736. The van der Waals surface area contributed by atoms with Gasteiger partial charge in [-0.25, -0.2) is 0 Å². The maximum absolute atomic E-state index is 11.7. The summed E-state index contributed by atoms with van der Waals surface area (Å²) in [5.74, 6) is 0.334. The number of benzene rings is 1. The highest BCUT2D eigenvalue weighted by Gasteiger charge is 2.14. The van der Waals surface area contributed by atoms with E-state index in [4.69, 9.17) is 14.6 Å². The van der Waals surface area contributed by atoms with Gasteiger partial charge in [0.25, 0.3) is 0 Å². The summed E-state index contributed by atoms with van der Waals surface area (Å²) in [6.07, 6.45) is 0.807. The van der Waals surface area contributed by atoms with Crippen molar-refractivity contribution in [2.45, 2.75) is 32.2 Å². The van der Waals surface area contributed by atoms with Gasteiger partial charge in [-0.2, -0.15) is 0 Å². The molecular weight excluding hydrogens is 262 g/mol. The van der Waals surface area contributed by atoms with Gasteiger partial charge in [-0.15, -0.1) is 0 Å². The Bertz CT molecular complexity index is 514. The number of carboxylic acids is 1. The molecule has 6 heteroatoms. The molecule has 108 valence electrons. The molecule has 20 heavy (non-hydrogen) atoms. The SMILES string of the molecule is CC(CC(=O)O)NC(=O)CCc1ccc2c(c1)OCO2. The molecule has 0 spiro atoms. The van der Waals surface area contributed by atoms with Crippen LogP contribution in [0.15, 0.2) is 18.2 Å². The van der Waals surface area contributed by atoms with Gasteiger partial charge in [0.05, 0.1) is 6.42 Å². The predicted molar refractivity (Wildman–Crippen MR) is 70.7 cm³/mol. The summed E-state index contributed by atoms with van der Waals surface area (Å²) in [6, 6.07) is 5.21. The fraction of sp³-hybridized carbons (Fsp3) is 0.429. The zero-order valence-corrected chi connectivity index (χ0v) is 11.2. The van der Waals surface area contributed by atoms with E-state index in [0.717, 1.165) is 5.56 Å². The van der Waals surface area contributed by atoms with Crippen LogP contribution in [-0.2, 0) is 16.0 Å². The number of carbonyl (C=O) groups excluding carboxylic acids is 1. The van der Waals surface area contributed by atoms with Crippen LogP contribution in [0, 0.1) is 0 Å².